The van der Waals surface area contributed by atoms with Crippen LogP contribution in [0.15, 0.2) is 6.20 Å². The molecule has 0 bridgehead atoms. The third-order valence-corrected chi connectivity index (χ3v) is 2.55. The summed E-state index contributed by atoms with van der Waals surface area (Å²) in [4.78, 5) is 0. The zero-order valence-electron chi connectivity index (χ0n) is 6.74. The fraction of sp³-hybridized carbons (Fsp3) is 0.571. The first kappa shape index (κ1) is 9.94. The molecule has 0 saturated heterocycles. The first-order valence-electron chi connectivity index (χ1n) is 3.62. The molecular weight excluding hydrogens is 271 g/mol. The summed E-state index contributed by atoms with van der Waals surface area (Å²) in [5.41, 5.74) is 0.945. The first-order chi connectivity index (χ1) is 5.63. The van der Waals surface area contributed by atoms with Crippen LogP contribution in [0.5, 0.6) is 0 Å². The Morgan fingerprint density at radius 1 is 1.75 bits per heavy atom. The van der Waals surface area contributed by atoms with Crippen molar-refractivity contribution in [3.05, 3.63) is 15.5 Å². The molecule has 1 unspecified atom stereocenters. The van der Waals surface area contributed by atoms with Gasteiger partial charge in [0, 0.05) is 6.20 Å². The van der Waals surface area contributed by atoms with E-state index in [-0.39, 0.29) is 6.61 Å². The van der Waals surface area contributed by atoms with Gasteiger partial charge in [-0.15, -0.1) is 0 Å². The van der Waals surface area contributed by atoms with E-state index in [1.807, 2.05) is 13.1 Å². The maximum Gasteiger partial charge on any atom is 0.0966 e. The molecule has 1 aromatic heterocycles. The van der Waals surface area contributed by atoms with Crippen LogP contribution < -0.4 is 0 Å². The molecule has 0 aliphatic heterocycles. The van der Waals surface area contributed by atoms with E-state index < -0.39 is 6.10 Å². The van der Waals surface area contributed by atoms with Crippen LogP contribution in [0.4, 0.5) is 0 Å². The normalized spacial score (nSPS) is 13.3. The first-order valence-corrected chi connectivity index (χ1v) is 4.70. The Bertz CT molecular complexity index is 242. The molecule has 0 saturated carbocycles. The van der Waals surface area contributed by atoms with Gasteiger partial charge in [0.1, 0.15) is 0 Å². The number of aliphatic hydroxyl groups excluding tert-OH is 2. The third kappa shape index (κ3) is 2.43. The molecule has 0 aromatic carbocycles. The summed E-state index contributed by atoms with van der Waals surface area (Å²) in [5, 5.41) is 21.8. The molecule has 0 aliphatic carbocycles. The second-order valence-corrected chi connectivity index (χ2v) is 3.78. The summed E-state index contributed by atoms with van der Waals surface area (Å²) in [6.07, 6.45) is 1.12. The van der Waals surface area contributed by atoms with Gasteiger partial charge in [-0.1, -0.05) is 0 Å². The summed E-state index contributed by atoms with van der Waals surface area (Å²) >= 11 is 2.18. The SMILES string of the molecule is Cc1nn(CC(O)CO)cc1I. The van der Waals surface area contributed by atoms with Crippen LogP contribution in [0.3, 0.4) is 0 Å². The summed E-state index contributed by atoms with van der Waals surface area (Å²) in [5.74, 6) is 0. The number of rotatable bonds is 3. The second-order valence-electron chi connectivity index (χ2n) is 2.62. The Balaban J connectivity index is 2.64. The standard InChI is InChI=1S/C7H11IN2O2/c1-5-7(8)3-10(9-5)2-6(12)4-11/h3,6,11-12H,2,4H2,1H3. The monoisotopic (exact) mass is 282 g/mol. The third-order valence-electron chi connectivity index (χ3n) is 1.50. The lowest BCUT2D eigenvalue weighted by molar-refractivity contribution is 0.0782. The van der Waals surface area contributed by atoms with Crippen molar-refractivity contribution in [1.82, 2.24) is 9.78 Å². The summed E-state index contributed by atoms with van der Waals surface area (Å²) in [6, 6.07) is 0. The van der Waals surface area contributed by atoms with E-state index in [0.717, 1.165) is 9.26 Å². The van der Waals surface area contributed by atoms with Gasteiger partial charge >= 0.3 is 0 Å². The molecule has 1 atom stereocenters. The van der Waals surface area contributed by atoms with E-state index in [9.17, 15) is 0 Å². The zero-order chi connectivity index (χ0) is 9.14. The highest BCUT2D eigenvalue weighted by molar-refractivity contribution is 14.1. The Morgan fingerprint density at radius 2 is 2.42 bits per heavy atom. The van der Waals surface area contributed by atoms with Crippen molar-refractivity contribution in [3.8, 4) is 0 Å². The molecule has 5 heteroatoms. The fourth-order valence-corrected chi connectivity index (χ4v) is 1.29. The fourth-order valence-electron chi connectivity index (χ4n) is 0.861. The van der Waals surface area contributed by atoms with Gasteiger partial charge in [-0.2, -0.15) is 5.10 Å². The van der Waals surface area contributed by atoms with Crippen LogP contribution in [-0.4, -0.2) is 32.7 Å². The number of halogens is 1. The molecule has 68 valence electrons. The number of aliphatic hydroxyl groups is 2. The van der Waals surface area contributed by atoms with Gasteiger partial charge in [0.15, 0.2) is 0 Å². The van der Waals surface area contributed by atoms with Gasteiger partial charge in [0.05, 0.1) is 28.5 Å². The van der Waals surface area contributed by atoms with Crippen molar-refractivity contribution >= 4 is 22.6 Å². The van der Waals surface area contributed by atoms with Gasteiger partial charge in [0.2, 0.25) is 0 Å². The lowest BCUT2D eigenvalue weighted by atomic mass is 10.4. The number of aromatic nitrogens is 2. The van der Waals surface area contributed by atoms with E-state index in [1.54, 1.807) is 4.68 Å². The zero-order valence-corrected chi connectivity index (χ0v) is 8.89. The largest absolute Gasteiger partial charge is 0.394 e. The van der Waals surface area contributed by atoms with E-state index >= 15 is 0 Å². The second kappa shape index (κ2) is 4.20. The molecule has 0 aliphatic rings. The molecule has 1 rings (SSSR count). The van der Waals surface area contributed by atoms with Crippen molar-refractivity contribution in [1.29, 1.82) is 0 Å². The van der Waals surface area contributed by atoms with Crippen molar-refractivity contribution in [3.63, 3.8) is 0 Å². The minimum atomic E-state index is -0.722. The molecule has 4 nitrogen and oxygen atoms in total. The molecule has 1 heterocycles. The van der Waals surface area contributed by atoms with Gasteiger partial charge in [0.25, 0.3) is 0 Å². The molecule has 2 N–H and O–H groups in total. The number of hydrogen-bond donors (Lipinski definition) is 2. The highest BCUT2D eigenvalue weighted by Crippen LogP contribution is 2.08. The highest BCUT2D eigenvalue weighted by atomic mass is 127. The van der Waals surface area contributed by atoms with Crippen molar-refractivity contribution < 1.29 is 10.2 Å². The van der Waals surface area contributed by atoms with Gasteiger partial charge < -0.3 is 10.2 Å². The van der Waals surface area contributed by atoms with Crippen LogP contribution in [0, 0.1) is 10.5 Å². The van der Waals surface area contributed by atoms with E-state index in [4.69, 9.17) is 10.2 Å². The van der Waals surface area contributed by atoms with Gasteiger partial charge in [-0.05, 0) is 29.5 Å². The number of nitrogens with zero attached hydrogens (tertiary/aromatic N) is 2. The minimum absolute atomic E-state index is 0.227. The molecule has 0 fully saturated rings. The molecule has 0 spiro atoms. The van der Waals surface area contributed by atoms with Crippen LogP contribution in [0.2, 0.25) is 0 Å². The van der Waals surface area contributed by atoms with Crippen molar-refractivity contribution in [2.24, 2.45) is 0 Å². The van der Waals surface area contributed by atoms with Gasteiger partial charge in [-0.3, -0.25) is 4.68 Å². The van der Waals surface area contributed by atoms with E-state index in [2.05, 4.69) is 27.7 Å². The Labute approximate surface area is 84.3 Å². The van der Waals surface area contributed by atoms with Gasteiger partial charge in [-0.25, -0.2) is 0 Å². The molecule has 12 heavy (non-hydrogen) atoms. The molecule has 0 radical (unpaired) electrons. The maximum atomic E-state index is 9.10. The summed E-state index contributed by atoms with van der Waals surface area (Å²) < 4.78 is 2.70. The average Bonchev–Trinajstić information content (AvgIpc) is 2.31. The Hall–Kier alpha value is -0.140. The Kier molecular flexibility index (Phi) is 3.48. The van der Waals surface area contributed by atoms with Crippen molar-refractivity contribution in [2.75, 3.05) is 6.61 Å². The number of hydrogen-bond acceptors (Lipinski definition) is 3. The highest BCUT2D eigenvalue weighted by Gasteiger charge is 2.06. The quantitative estimate of drug-likeness (QED) is 0.776. The molecule has 0 amide bonds. The van der Waals surface area contributed by atoms with Crippen molar-refractivity contribution in [2.45, 2.75) is 19.6 Å². The summed E-state index contributed by atoms with van der Waals surface area (Å²) in [7, 11) is 0. The number of aryl methyl sites for hydroxylation is 1. The van der Waals surface area contributed by atoms with Crippen LogP contribution in [-0.2, 0) is 6.54 Å². The minimum Gasteiger partial charge on any atom is -0.394 e. The average molecular weight is 282 g/mol. The molecule has 1 aromatic rings. The maximum absolute atomic E-state index is 9.10. The predicted molar refractivity (Wildman–Crippen MR) is 52.8 cm³/mol. The lowest BCUT2D eigenvalue weighted by Crippen LogP contribution is -2.20. The topological polar surface area (TPSA) is 58.3 Å². The smallest absolute Gasteiger partial charge is 0.0966 e. The van der Waals surface area contributed by atoms with Crippen LogP contribution in [0.25, 0.3) is 0 Å². The Morgan fingerprint density at radius 3 is 2.83 bits per heavy atom. The summed E-state index contributed by atoms with van der Waals surface area (Å²) in [6.45, 7) is 2.03. The van der Waals surface area contributed by atoms with Crippen LogP contribution in [0.1, 0.15) is 5.69 Å². The predicted octanol–water partition coefficient (Wildman–Crippen LogP) is 0.149. The van der Waals surface area contributed by atoms with Crippen LogP contribution >= 0.6 is 22.6 Å². The van der Waals surface area contributed by atoms with E-state index in [1.165, 1.54) is 0 Å². The molecular formula is C7H11IN2O2. The lowest BCUT2D eigenvalue weighted by Gasteiger charge is -2.05. The van der Waals surface area contributed by atoms with E-state index in [0.29, 0.717) is 6.54 Å².